The molecule has 0 bridgehead atoms. The van der Waals surface area contributed by atoms with Crippen molar-refractivity contribution in [2.45, 2.75) is 19.4 Å². The van der Waals surface area contributed by atoms with Gasteiger partial charge >= 0.3 is 23.8 Å². The fraction of sp³-hybridized carbons (Fsp3) is 0.133. The Morgan fingerprint density at radius 3 is 2.34 bits per heavy atom. The largest absolute Gasteiger partial charge is 0.477 e. The molecule has 0 radical (unpaired) electrons. The Morgan fingerprint density at radius 1 is 0.920 bits per heavy atom. The Balaban J connectivity index is 1.35. The van der Waals surface area contributed by atoms with Crippen LogP contribution in [0.15, 0.2) is 73.1 Å². The molecule has 0 saturated heterocycles. The van der Waals surface area contributed by atoms with Gasteiger partial charge in [-0.25, -0.2) is 22.7 Å². The van der Waals surface area contributed by atoms with E-state index in [0.29, 0.717) is 22.2 Å². The first kappa shape index (κ1) is 35.0. The maximum absolute atomic E-state index is 13.6. The van der Waals surface area contributed by atoms with Crippen molar-refractivity contribution >= 4 is 79.3 Å². The molecule has 5 amide bonds. The summed E-state index contributed by atoms with van der Waals surface area (Å²) in [6.07, 6.45) is 1.14. The number of benzene rings is 3. The molecule has 0 aliphatic carbocycles. The molecule has 18 nitrogen and oxygen atoms in total. The lowest BCUT2D eigenvalue weighted by molar-refractivity contribution is -0.137. The lowest BCUT2D eigenvalue weighted by atomic mass is 10.0. The van der Waals surface area contributed by atoms with Gasteiger partial charge in [-0.1, -0.05) is 23.7 Å². The highest BCUT2D eigenvalue weighted by molar-refractivity contribution is 7.90. The molecule has 258 valence electrons. The van der Waals surface area contributed by atoms with E-state index in [2.05, 4.69) is 41.8 Å². The molecule has 5 aromatic rings. The van der Waals surface area contributed by atoms with Crippen molar-refractivity contribution in [3.05, 3.63) is 89.3 Å². The number of amides is 5. The standard InChI is InChI=1S/C30H27ClN10O8S/c1-2-50(48,49)38-30(47)34-19-6-3-16(4-7-19)11-23(26(42)33-20-8-9-21-17(12-20)13-24(35-21)29(45)46)37-28(44)27(43)36-22-14-18(31)5-10-25(22)41-15-32-39-40-41/h3-10,12-15,23,35H,2,11H2,1H3,(H,33,42)(H,36,43)(H,37,44)(H,45,46)(H2,34,38,47). The third kappa shape index (κ3) is 8.76. The molecule has 1 unspecified atom stereocenters. The second kappa shape index (κ2) is 14.8. The number of tetrazole rings is 1. The Morgan fingerprint density at radius 2 is 1.66 bits per heavy atom. The lowest BCUT2D eigenvalue weighted by Crippen LogP contribution is -2.49. The van der Waals surface area contributed by atoms with Crippen LogP contribution in [0, 0.1) is 0 Å². The topological polar surface area (TPSA) is 259 Å². The van der Waals surface area contributed by atoms with Crippen LogP contribution in [0.5, 0.6) is 0 Å². The molecule has 2 heterocycles. The minimum absolute atomic E-state index is 0.0509. The molecule has 0 fully saturated rings. The number of aromatic nitrogens is 5. The first-order valence-electron chi connectivity index (χ1n) is 14.5. The second-order valence-corrected chi connectivity index (χ2v) is 13.0. The molecular weight excluding hydrogens is 696 g/mol. The van der Waals surface area contributed by atoms with E-state index in [4.69, 9.17) is 11.6 Å². The normalized spacial score (nSPS) is 11.7. The maximum Gasteiger partial charge on any atom is 0.352 e. The highest BCUT2D eigenvalue weighted by Crippen LogP contribution is 2.24. The highest BCUT2D eigenvalue weighted by atomic mass is 35.5. The van der Waals surface area contributed by atoms with E-state index in [0.717, 1.165) is 0 Å². The summed E-state index contributed by atoms with van der Waals surface area (Å²) in [5.41, 5.74) is 1.87. The summed E-state index contributed by atoms with van der Waals surface area (Å²) in [4.78, 5) is 66.0. The van der Waals surface area contributed by atoms with E-state index < -0.39 is 45.8 Å². The quantitative estimate of drug-likeness (QED) is 0.0973. The van der Waals surface area contributed by atoms with Crippen molar-refractivity contribution in [3.8, 4) is 5.69 Å². The van der Waals surface area contributed by atoms with Crippen molar-refractivity contribution in [2.24, 2.45) is 0 Å². The van der Waals surface area contributed by atoms with Crippen LogP contribution >= 0.6 is 11.6 Å². The van der Waals surface area contributed by atoms with Crippen LogP contribution in [0.4, 0.5) is 21.9 Å². The van der Waals surface area contributed by atoms with Gasteiger partial charge in [-0.2, -0.15) is 4.68 Å². The number of anilines is 3. The number of carbonyl (C=O) groups is 5. The van der Waals surface area contributed by atoms with Crippen LogP contribution in [-0.4, -0.2) is 80.2 Å². The molecule has 0 saturated carbocycles. The van der Waals surface area contributed by atoms with Gasteiger partial charge in [0.2, 0.25) is 15.9 Å². The van der Waals surface area contributed by atoms with E-state index in [9.17, 15) is 37.5 Å². The van der Waals surface area contributed by atoms with Gasteiger partial charge in [-0.15, -0.1) is 5.10 Å². The van der Waals surface area contributed by atoms with Crippen LogP contribution in [-0.2, 0) is 30.8 Å². The minimum Gasteiger partial charge on any atom is -0.477 e. The lowest BCUT2D eigenvalue weighted by Gasteiger charge is -2.19. The number of nitrogens with one attached hydrogen (secondary N) is 6. The number of hydrogen-bond acceptors (Lipinski definition) is 10. The fourth-order valence-corrected chi connectivity index (χ4v) is 5.23. The van der Waals surface area contributed by atoms with Gasteiger partial charge in [0.05, 0.1) is 17.1 Å². The Kier molecular flexibility index (Phi) is 10.4. The predicted octanol–water partition coefficient (Wildman–Crippen LogP) is 2.27. The first-order valence-corrected chi connectivity index (χ1v) is 16.6. The van der Waals surface area contributed by atoms with E-state index in [-0.39, 0.29) is 40.0 Å². The van der Waals surface area contributed by atoms with E-state index in [1.54, 1.807) is 6.07 Å². The molecule has 0 aliphatic heterocycles. The number of aromatic amines is 1. The summed E-state index contributed by atoms with van der Waals surface area (Å²) in [5.74, 6) is -4.49. The number of rotatable bonds is 11. The molecule has 7 N–H and O–H groups in total. The van der Waals surface area contributed by atoms with Gasteiger partial charge in [-0.05, 0) is 77.5 Å². The van der Waals surface area contributed by atoms with Gasteiger partial charge in [-0.3, -0.25) is 14.4 Å². The summed E-state index contributed by atoms with van der Waals surface area (Å²) in [6, 6.07) is 14.1. The molecule has 3 aromatic carbocycles. The molecule has 0 aliphatic rings. The average Bonchev–Trinajstić information content (AvgIpc) is 3.76. The number of carboxylic acids is 1. The van der Waals surface area contributed by atoms with E-state index >= 15 is 0 Å². The second-order valence-electron chi connectivity index (χ2n) is 10.5. The van der Waals surface area contributed by atoms with Gasteiger partial charge in [0, 0.05) is 33.7 Å². The Hall–Kier alpha value is -6.34. The van der Waals surface area contributed by atoms with Crippen LogP contribution in [0.3, 0.4) is 0 Å². The molecule has 50 heavy (non-hydrogen) atoms. The zero-order valence-corrected chi connectivity index (χ0v) is 27.4. The van der Waals surface area contributed by atoms with Crippen LogP contribution in [0.1, 0.15) is 23.0 Å². The molecule has 5 rings (SSSR count). The third-order valence-corrected chi connectivity index (χ3v) is 8.52. The maximum atomic E-state index is 13.6. The third-order valence-electron chi connectivity index (χ3n) is 7.03. The van der Waals surface area contributed by atoms with Gasteiger partial charge < -0.3 is 31.4 Å². The summed E-state index contributed by atoms with van der Waals surface area (Å²) >= 11 is 6.11. The first-order chi connectivity index (χ1) is 23.8. The number of sulfonamides is 1. The van der Waals surface area contributed by atoms with Gasteiger partial charge in [0.15, 0.2) is 0 Å². The summed E-state index contributed by atoms with van der Waals surface area (Å²) < 4.78 is 26.4. The smallest absolute Gasteiger partial charge is 0.352 e. The number of aromatic carboxylic acids is 1. The fourth-order valence-electron chi connectivity index (χ4n) is 4.58. The minimum atomic E-state index is -3.79. The number of carboxylic acid groups (broad SMARTS) is 1. The zero-order valence-electron chi connectivity index (χ0n) is 25.8. The van der Waals surface area contributed by atoms with E-state index in [1.807, 2.05) is 4.72 Å². The number of urea groups is 1. The van der Waals surface area contributed by atoms with E-state index in [1.165, 1.54) is 78.6 Å². The van der Waals surface area contributed by atoms with Gasteiger partial charge in [0.1, 0.15) is 18.1 Å². The Bertz CT molecular complexity index is 2210. The van der Waals surface area contributed by atoms with Crippen LogP contribution < -0.4 is 26.0 Å². The number of halogens is 1. The molecule has 0 spiro atoms. The van der Waals surface area contributed by atoms with Crippen molar-refractivity contribution < 1.29 is 37.5 Å². The molecular formula is C30H27ClN10O8S. The highest BCUT2D eigenvalue weighted by Gasteiger charge is 2.26. The number of hydrogen-bond donors (Lipinski definition) is 7. The molecule has 1 atom stereocenters. The van der Waals surface area contributed by atoms with Crippen molar-refractivity contribution in [3.63, 3.8) is 0 Å². The Labute approximate surface area is 287 Å². The number of carbonyl (C=O) groups excluding carboxylic acids is 4. The van der Waals surface area contributed by atoms with Crippen LogP contribution in [0.2, 0.25) is 5.02 Å². The summed E-state index contributed by atoms with van der Waals surface area (Å²) in [6.45, 7) is 1.37. The monoisotopic (exact) mass is 722 g/mol. The molecule has 20 heteroatoms. The number of fused-ring (bicyclic) bond motifs is 1. The zero-order chi connectivity index (χ0) is 36.0. The summed E-state index contributed by atoms with van der Waals surface area (Å²) in [7, 11) is -3.79. The summed E-state index contributed by atoms with van der Waals surface area (Å²) in [5, 5.41) is 30.9. The predicted molar refractivity (Wildman–Crippen MR) is 180 cm³/mol. The SMILES string of the molecule is CCS(=O)(=O)NC(=O)Nc1ccc(CC(NC(=O)C(=O)Nc2cc(Cl)ccc2-n2cnnn2)C(=O)Nc2ccc3[nH]c(C(=O)O)cc3c2)cc1. The van der Waals surface area contributed by atoms with Gasteiger partial charge in [0.25, 0.3) is 0 Å². The van der Waals surface area contributed by atoms with Crippen molar-refractivity contribution in [1.29, 1.82) is 0 Å². The van der Waals surface area contributed by atoms with Crippen molar-refractivity contribution in [2.75, 3.05) is 21.7 Å². The van der Waals surface area contributed by atoms with Crippen molar-refractivity contribution in [1.82, 2.24) is 35.2 Å². The number of nitrogens with zero attached hydrogens (tertiary/aromatic N) is 4. The molecule has 2 aromatic heterocycles. The average molecular weight is 723 g/mol. The van der Waals surface area contributed by atoms with Crippen LogP contribution in [0.25, 0.3) is 16.6 Å². The number of H-pyrrole nitrogens is 1.